The SMILES string of the molecule is CCCn1c(N)c(C(=O)COC(=O)[C@@]23CCC(=O)N2c2ccccc2S3)c(=O)[nH]c1=O. The Balaban J connectivity index is 1.57. The van der Waals surface area contributed by atoms with Crippen molar-refractivity contribution in [1.29, 1.82) is 0 Å². The molecule has 3 N–H and O–H groups in total. The van der Waals surface area contributed by atoms with Crippen LogP contribution in [0.1, 0.15) is 36.5 Å². The fraction of sp³-hybridized carbons (Fsp3) is 0.350. The minimum atomic E-state index is -1.28. The third kappa shape index (κ3) is 3.25. The minimum absolute atomic E-state index is 0.180. The number of ketones is 1. The molecule has 1 atom stereocenters. The molecule has 10 nitrogen and oxygen atoms in total. The van der Waals surface area contributed by atoms with Gasteiger partial charge in [0.2, 0.25) is 11.7 Å². The molecule has 2 aliphatic heterocycles. The fourth-order valence-electron chi connectivity index (χ4n) is 3.89. The van der Waals surface area contributed by atoms with Gasteiger partial charge in [-0.2, -0.15) is 0 Å². The molecule has 1 fully saturated rings. The van der Waals surface area contributed by atoms with Gasteiger partial charge in [0, 0.05) is 24.3 Å². The van der Waals surface area contributed by atoms with Crippen LogP contribution >= 0.6 is 11.8 Å². The average molecular weight is 444 g/mol. The van der Waals surface area contributed by atoms with Crippen molar-refractivity contribution in [2.75, 3.05) is 17.2 Å². The number of benzene rings is 1. The highest BCUT2D eigenvalue weighted by Crippen LogP contribution is 2.56. The van der Waals surface area contributed by atoms with E-state index in [4.69, 9.17) is 10.5 Å². The smallest absolute Gasteiger partial charge is 0.343 e. The Morgan fingerprint density at radius 3 is 2.74 bits per heavy atom. The molecule has 0 radical (unpaired) electrons. The van der Waals surface area contributed by atoms with E-state index in [2.05, 4.69) is 4.98 Å². The van der Waals surface area contributed by atoms with E-state index in [1.165, 1.54) is 16.7 Å². The zero-order chi connectivity index (χ0) is 22.3. The number of Topliss-reactive ketones (excluding diaryl/α,β-unsaturated/α-hetero) is 1. The number of anilines is 2. The van der Waals surface area contributed by atoms with E-state index < -0.39 is 40.0 Å². The van der Waals surface area contributed by atoms with Gasteiger partial charge in [0.05, 0.1) is 5.69 Å². The number of nitrogens with two attached hydrogens (primary N) is 1. The molecule has 162 valence electrons. The van der Waals surface area contributed by atoms with Crippen molar-refractivity contribution in [3.8, 4) is 0 Å². The van der Waals surface area contributed by atoms with E-state index in [1.54, 1.807) is 18.2 Å². The van der Waals surface area contributed by atoms with Gasteiger partial charge < -0.3 is 10.5 Å². The molecule has 11 heteroatoms. The molecule has 0 saturated carbocycles. The molecule has 2 aliphatic rings. The number of thioether (sulfide) groups is 1. The van der Waals surface area contributed by atoms with Crippen LogP contribution in [0.5, 0.6) is 0 Å². The quantitative estimate of drug-likeness (QED) is 0.493. The van der Waals surface area contributed by atoms with Crippen LogP contribution in [0.2, 0.25) is 0 Å². The summed E-state index contributed by atoms with van der Waals surface area (Å²) in [5.41, 5.74) is 4.44. The second-order valence-electron chi connectivity index (χ2n) is 7.25. The number of H-pyrrole nitrogens is 1. The summed E-state index contributed by atoms with van der Waals surface area (Å²) >= 11 is 1.21. The molecule has 1 saturated heterocycles. The molecule has 0 spiro atoms. The van der Waals surface area contributed by atoms with E-state index >= 15 is 0 Å². The van der Waals surface area contributed by atoms with Crippen LogP contribution in [0.3, 0.4) is 0 Å². The predicted octanol–water partition coefficient (Wildman–Crippen LogP) is 0.884. The van der Waals surface area contributed by atoms with Gasteiger partial charge in [-0.3, -0.25) is 28.8 Å². The highest BCUT2D eigenvalue weighted by molar-refractivity contribution is 8.02. The number of esters is 1. The fourth-order valence-corrected chi connectivity index (χ4v) is 5.30. The first-order valence-electron chi connectivity index (χ1n) is 9.74. The Hall–Kier alpha value is -3.34. The van der Waals surface area contributed by atoms with E-state index in [0.29, 0.717) is 12.1 Å². The maximum atomic E-state index is 13.0. The second kappa shape index (κ2) is 7.73. The first-order chi connectivity index (χ1) is 14.8. The molecule has 4 rings (SSSR count). The number of hydrogen-bond donors (Lipinski definition) is 2. The largest absolute Gasteiger partial charge is 0.455 e. The average Bonchev–Trinajstić information content (AvgIpc) is 3.25. The number of carbonyl (C=O) groups is 3. The molecule has 0 aliphatic carbocycles. The summed E-state index contributed by atoms with van der Waals surface area (Å²) in [5.74, 6) is -2.04. The molecular formula is C20H20N4O6S. The summed E-state index contributed by atoms with van der Waals surface area (Å²) < 4.78 is 6.36. The van der Waals surface area contributed by atoms with Gasteiger partial charge in [-0.25, -0.2) is 9.59 Å². The molecule has 31 heavy (non-hydrogen) atoms. The number of hydrogen-bond acceptors (Lipinski definition) is 8. The van der Waals surface area contributed by atoms with Gasteiger partial charge in [0.1, 0.15) is 11.4 Å². The third-order valence-corrected chi connectivity index (χ3v) is 6.75. The third-order valence-electron chi connectivity index (χ3n) is 5.29. The van der Waals surface area contributed by atoms with Gasteiger partial charge in [0.15, 0.2) is 11.5 Å². The topological polar surface area (TPSA) is 145 Å². The first kappa shape index (κ1) is 20.9. The van der Waals surface area contributed by atoms with Crippen molar-refractivity contribution in [3.63, 3.8) is 0 Å². The number of nitrogens with one attached hydrogen (secondary N) is 1. The van der Waals surface area contributed by atoms with E-state index in [1.807, 2.05) is 13.0 Å². The summed E-state index contributed by atoms with van der Waals surface area (Å²) in [4.78, 5) is 65.2. The number of ether oxygens (including phenoxy) is 1. The number of para-hydroxylation sites is 1. The van der Waals surface area contributed by atoms with Gasteiger partial charge in [-0.15, -0.1) is 0 Å². The van der Waals surface area contributed by atoms with Crippen molar-refractivity contribution in [2.24, 2.45) is 0 Å². The first-order valence-corrected chi connectivity index (χ1v) is 10.6. The van der Waals surface area contributed by atoms with Crippen molar-refractivity contribution >= 4 is 40.9 Å². The molecule has 3 heterocycles. The highest BCUT2D eigenvalue weighted by Gasteiger charge is 2.58. The molecule has 0 unspecified atom stereocenters. The van der Waals surface area contributed by atoms with Crippen LogP contribution < -0.4 is 21.9 Å². The zero-order valence-corrected chi connectivity index (χ0v) is 17.5. The monoisotopic (exact) mass is 444 g/mol. The van der Waals surface area contributed by atoms with Gasteiger partial charge in [-0.05, 0) is 18.6 Å². The summed E-state index contributed by atoms with van der Waals surface area (Å²) in [6.07, 6.45) is 0.976. The lowest BCUT2D eigenvalue weighted by molar-refractivity contribution is -0.145. The summed E-state index contributed by atoms with van der Waals surface area (Å²) in [6, 6.07) is 7.14. The van der Waals surface area contributed by atoms with Crippen molar-refractivity contribution in [3.05, 3.63) is 50.7 Å². The Bertz CT molecular complexity index is 1220. The van der Waals surface area contributed by atoms with Crippen LogP contribution in [-0.2, 0) is 20.9 Å². The van der Waals surface area contributed by atoms with E-state index in [0.717, 1.165) is 9.46 Å². The minimum Gasteiger partial charge on any atom is -0.455 e. The lowest BCUT2D eigenvalue weighted by atomic mass is 10.2. The number of carbonyl (C=O) groups excluding carboxylic acids is 3. The van der Waals surface area contributed by atoms with Crippen LogP contribution in [0, 0.1) is 0 Å². The molecule has 1 amide bonds. The molecule has 1 aromatic carbocycles. The number of nitrogens with zero attached hydrogens (tertiary/aromatic N) is 2. The number of amides is 1. The zero-order valence-electron chi connectivity index (χ0n) is 16.7. The lowest BCUT2D eigenvalue weighted by Crippen LogP contribution is -2.48. The number of aromatic nitrogens is 2. The van der Waals surface area contributed by atoms with Crippen molar-refractivity contribution in [1.82, 2.24) is 9.55 Å². The standard InChI is InChI=1S/C20H20N4O6S/c1-2-9-23-16(21)15(17(27)22-19(23)29)12(25)10-30-18(28)20-8-7-14(26)24(20)11-5-3-4-6-13(11)31-20/h3-6H,2,7-10,21H2,1H3,(H,22,27,29)/t20-/m0/s1. The molecule has 2 aromatic rings. The second-order valence-corrected chi connectivity index (χ2v) is 8.57. The highest BCUT2D eigenvalue weighted by atomic mass is 32.2. The summed E-state index contributed by atoms with van der Waals surface area (Å²) in [7, 11) is 0. The van der Waals surface area contributed by atoms with E-state index in [-0.39, 0.29) is 31.1 Å². The van der Waals surface area contributed by atoms with E-state index in [9.17, 15) is 24.0 Å². The van der Waals surface area contributed by atoms with Crippen LogP contribution in [0.4, 0.5) is 11.5 Å². The van der Waals surface area contributed by atoms with Crippen LogP contribution in [0.15, 0.2) is 38.8 Å². The summed E-state index contributed by atoms with van der Waals surface area (Å²) in [5, 5.41) is 0. The molecule has 0 bridgehead atoms. The Labute approximate surface area is 180 Å². The maximum absolute atomic E-state index is 13.0. The van der Waals surface area contributed by atoms with Gasteiger partial charge >= 0.3 is 11.7 Å². The Kier molecular flexibility index (Phi) is 5.21. The number of fused-ring (bicyclic) bond motifs is 3. The Morgan fingerprint density at radius 1 is 1.26 bits per heavy atom. The lowest BCUT2D eigenvalue weighted by Gasteiger charge is -2.28. The number of aromatic amines is 1. The van der Waals surface area contributed by atoms with Crippen molar-refractivity contribution < 1.29 is 19.1 Å². The van der Waals surface area contributed by atoms with Crippen LogP contribution in [0.25, 0.3) is 0 Å². The van der Waals surface area contributed by atoms with Crippen LogP contribution in [-0.4, -0.2) is 38.7 Å². The van der Waals surface area contributed by atoms with Crippen molar-refractivity contribution in [2.45, 2.75) is 42.5 Å². The maximum Gasteiger partial charge on any atom is 0.343 e. The number of rotatable bonds is 6. The normalized spacial score (nSPS) is 19.3. The molecular weight excluding hydrogens is 424 g/mol. The number of nitrogen functional groups attached to an aromatic ring is 1. The Morgan fingerprint density at radius 2 is 2.00 bits per heavy atom. The van der Waals surface area contributed by atoms with Gasteiger partial charge in [0.25, 0.3) is 5.56 Å². The molecule has 1 aromatic heterocycles. The van der Waals surface area contributed by atoms with Gasteiger partial charge in [-0.1, -0.05) is 30.8 Å². The predicted molar refractivity (Wildman–Crippen MR) is 113 cm³/mol. The summed E-state index contributed by atoms with van der Waals surface area (Å²) in [6.45, 7) is 1.29.